The first-order valence-corrected chi connectivity index (χ1v) is 15.2. The SMILES string of the molecule is CCOc1cc(/C=C2/SC(=S)N(NC(=O)C34CC5CC(CC(C5)C3)C4)C2=O)ccc1OCc1cccc([N+](=O)[O-])c1. The van der Waals surface area contributed by atoms with Crippen molar-refractivity contribution in [1.82, 2.24) is 10.4 Å². The smallest absolute Gasteiger partial charge is 0.285 e. The van der Waals surface area contributed by atoms with Crippen molar-refractivity contribution in [2.24, 2.45) is 23.2 Å². The molecule has 2 aromatic rings. The number of benzene rings is 2. The van der Waals surface area contributed by atoms with E-state index >= 15 is 0 Å². The van der Waals surface area contributed by atoms with E-state index in [1.165, 1.54) is 36.4 Å². The van der Waals surface area contributed by atoms with Crippen molar-refractivity contribution in [1.29, 1.82) is 0 Å². The first-order chi connectivity index (χ1) is 19.7. The van der Waals surface area contributed by atoms with Gasteiger partial charge in [0, 0.05) is 12.1 Å². The van der Waals surface area contributed by atoms with Gasteiger partial charge in [-0.05, 0) is 105 Å². The predicted molar refractivity (Wildman–Crippen MR) is 159 cm³/mol. The Morgan fingerprint density at radius 1 is 1.12 bits per heavy atom. The Hall–Kier alpha value is -3.44. The maximum Gasteiger partial charge on any atom is 0.285 e. The summed E-state index contributed by atoms with van der Waals surface area (Å²) >= 11 is 6.65. The van der Waals surface area contributed by atoms with Gasteiger partial charge in [-0.2, -0.15) is 5.01 Å². The normalized spacial score (nSPS) is 27.4. The minimum Gasteiger partial charge on any atom is -0.490 e. The summed E-state index contributed by atoms with van der Waals surface area (Å²) in [6.45, 7) is 2.38. The molecule has 4 bridgehead atoms. The summed E-state index contributed by atoms with van der Waals surface area (Å²) in [4.78, 5) is 37.9. The van der Waals surface area contributed by atoms with Gasteiger partial charge >= 0.3 is 0 Å². The molecule has 1 heterocycles. The molecule has 214 valence electrons. The number of nitro benzene ring substituents is 1. The van der Waals surface area contributed by atoms with Gasteiger partial charge in [-0.25, -0.2) is 0 Å². The zero-order valence-corrected chi connectivity index (χ0v) is 24.3. The molecule has 1 aliphatic heterocycles. The van der Waals surface area contributed by atoms with Crippen molar-refractivity contribution in [3.63, 3.8) is 0 Å². The molecule has 0 atom stereocenters. The molecular weight excluding hydrogens is 562 g/mol. The number of amides is 2. The summed E-state index contributed by atoms with van der Waals surface area (Å²) in [5.41, 5.74) is 3.88. The molecule has 7 rings (SSSR count). The number of hydrogen-bond acceptors (Lipinski definition) is 8. The molecule has 2 aromatic carbocycles. The molecule has 9 nitrogen and oxygen atoms in total. The van der Waals surface area contributed by atoms with Crippen molar-refractivity contribution in [3.05, 3.63) is 68.6 Å². The fraction of sp³-hybridized carbons (Fsp3) is 0.433. The van der Waals surface area contributed by atoms with E-state index in [2.05, 4.69) is 5.43 Å². The van der Waals surface area contributed by atoms with Crippen LogP contribution in [-0.4, -0.2) is 32.7 Å². The molecule has 5 aliphatic rings. The molecule has 0 aromatic heterocycles. The highest BCUT2D eigenvalue weighted by Gasteiger charge is 2.55. The molecule has 1 N–H and O–H groups in total. The van der Waals surface area contributed by atoms with Gasteiger partial charge in [-0.15, -0.1) is 0 Å². The van der Waals surface area contributed by atoms with Crippen LogP contribution in [0.25, 0.3) is 6.08 Å². The molecule has 41 heavy (non-hydrogen) atoms. The van der Waals surface area contributed by atoms with Gasteiger partial charge in [0.25, 0.3) is 11.6 Å². The van der Waals surface area contributed by atoms with Gasteiger partial charge in [-0.3, -0.25) is 25.1 Å². The van der Waals surface area contributed by atoms with E-state index in [1.807, 2.05) is 6.92 Å². The topological polar surface area (TPSA) is 111 Å². The van der Waals surface area contributed by atoms with Crippen LogP contribution in [-0.2, 0) is 16.2 Å². The predicted octanol–water partition coefficient (Wildman–Crippen LogP) is 6.02. The van der Waals surface area contributed by atoms with Crippen LogP contribution in [0.5, 0.6) is 11.5 Å². The molecule has 0 unspecified atom stereocenters. The molecule has 11 heteroatoms. The fourth-order valence-corrected chi connectivity index (χ4v) is 8.43. The average molecular weight is 594 g/mol. The number of thioether (sulfide) groups is 1. The van der Waals surface area contributed by atoms with Crippen LogP contribution >= 0.6 is 24.0 Å². The molecule has 5 fully saturated rings. The molecule has 2 amide bonds. The van der Waals surface area contributed by atoms with Crippen LogP contribution in [0.15, 0.2) is 47.4 Å². The number of hydrogen-bond donors (Lipinski definition) is 1. The van der Waals surface area contributed by atoms with Crippen LogP contribution in [0.2, 0.25) is 0 Å². The summed E-state index contributed by atoms with van der Waals surface area (Å²) in [6, 6.07) is 11.6. The van der Waals surface area contributed by atoms with Crippen LogP contribution in [0, 0.1) is 33.3 Å². The van der Waals surface area contributed by atoms with Gasteiger partial charge in [0.2, 0.25) is 5.91 Å². The summed E-state index contributed by atoms with van der Waals surface area (Å²) in [6.07, 6.45) is 8.15. The first kappa shape index (κ1) is 27.7. The number of non-ortho nitro benzene ring substituents is 1. The summed E-state index contributed by atoms with van der Waals surface area (Å²) in [5, 5.41) is 12.3. The monoisotopic (exact) mass is 593 g/mol. The Morgan fingerprint density at radius 3 is 2.49 bits per heavy atom. The third-order valence-electron chi connectivity index (χ3n) is 8.61. The Labute approximate surface area is 247 Å². The second-order valence-electron chi connectivity index (χ2n) is 11.5. The van der Waals surface area contributed by atoms with Gasteiger partial charge in [0.05, 0.1) is 21.9 Å². The van der Waals surface area contributed by atoms with E-state index in [0.29, 0.717) is 56.2 Å². The van der Waals surface area contributed by atoms with Crippen molar-refractivity contribution in [2.75, 3.05) is 6.61 Å². The van der Waals surface area contributed by atoms with Gasteiger partial charge in [-0.1, -0.05) is 30.0 Å². The first-order valence-electron chi connectivity index (χ1n) is 13.9. The van der Waals surface area contributed by atoms with E-state index in [1.54, 1.807) is 36.4 Å². The highest BCUT2D eigenvalue weighted by molar-refractivity contribution is 8.26. The molecular formula is C30H31N3O6S2. The summed E-state index contributed by atoms with van der Waals surface area (Å²) < 4.78 is 12.0. The Balaban J connectivity index is 1.15. The number of thiocarbonyl (C=S) groups is 1. The standard InChI is InChI=1S/C30H31N3O6S2/c1-2-38-25-12-18(6-7-24(25)39-17-19-4-3-5-23(11-19)33(36)37)13-26-27(34)32(29(40)41-26)31-28(35)30-14-20-8-21(15-30)10-22(9-20)16-30/h3-7,11-13,20-22H,2,8-10,14-17H2,1H3,(H,31,35)/b26-13+. The lowest BCUT2D eigenvalue weighted by Gasteiger charge is -2.55. The van der Waals surface area contributed by atoms with Crippen LogP contribution in [0.3, 0.4) is 0 Å². The number of hydrazine groups is 1. The minimum atomic E-state index is -0.443. The van der Waals surface area contributed by atoms with Crippen molar-refractivity contribution >= 4 is 51.9 Å². The third kappa shape index (κ3) is 5.57. The molecule has 0 radical (unpaired) electrons. The van der Waals surface area contributed by atoms with Crippen molar-refractivity contribution < 1.29 is 24.0 Å². The van der Waals surface area contributed by atoms with E-state index in [-0.39, 0.29) is 29.5 Å². The minimum absolute atomic E-state index is 0.00193. The molecule has 4 aliphatic carbocycles. The lowest BCUT2D eigenvalue weighted by molar-refractivity contribution is -0.384. The van der Waals surface area contributed by atoms with E-state index in [9.17, 15) is 19.7 Å². The van der Waals surface area contributed by atoms with E-state index in [4.69, 9.17) is 21.7 Å². The maximum atomic E-state index is 13.5. The van der Waals surface area contributed by atoms with E-state index < -0.39 is 4.92 Å². The second kappa shape index (κ2) is 11.1. The van der Waals surface area contributed by atoms with E-state index in [0.717, 1.165) is 31.0 Å². The Morgan fingerprint density at radius 2 is 1.83 bits per heavy atom. The number of nitro groups is 1. The Kier molecular flexibility index (Phi) is 7.50. The number of carbonyl (C=O) groups excluding carboxylic acids is 2. The highest BCUT2D eigenvalue weighted by atomic mass is 32.2. The van der Waals surface area contributed by atoms with Crippen LogP contribution in [0.1, 0.15) is 56.6 Å². The fourth-order valence-electron chi connectivity index (χ4n) is 7.25. The zero-order chi connectivity index (χ0) is 28.7. The quantitative estimate of drug-likeness (QED) is 0.163. The number of rotatable bonds is 9. The summed E-state index contributed by atoms with van der Waals surface area (Å²) in [5.74, 6) is 2.41. The average Bonchev–Trinajstić information content (AvgIpc) is 3.19. The van der Waals surface area contributed by atoms with Gasteiger partial charge in [0.15, 0.2) is 15.8 Å². The largest absolute Gasteiger partial charge is 0.490 e. The second-order valence-corrected chi connectivity index (χ2v) is 13.2. The van der Waals surface area contributed by atoms with Gasteiger partial charge in [0.1, 0.15) is 6.61 Å². The number of nitrogens with one attached hydrogen (secondary N) is 1. The van der Waals surface area contributed by atoms with Gasteiger partial charge < -0.3 is 9.47 Å². The zero-order valence-electron chi connectivity index (χ0n) is 22.7. The molecule has 4 saturated carbocycles. The van der Waals surface area contributed by atoms with Crippen LogP contribution < -0.4 is 14.9 Å². The van der Waals surface area contributed by atoms with Crippen LogP contribution in [0.4, 0.5) is 5.69 Å². The number of ether oxygens (including phenoxy) is 2. The lowest BCUT2D eigenvalue weighted by atomic mass is 9.49. The molecule has 1 saturated heterocycles. The third-order valence-corrected chi connectivity index (χ3v) is 9.91. The number of nitrogens with zero attached hydrogens (tertiary/aromatic N) is 2. The molecule has 0 spiro atoms. The summed E-state index contributed by atoms with van der Waals surface area (Å²) in [7, 11) is 0. The van der Waals surface area contributed by atoms with Crippen molar-refractivity contribution in [3.8, 4) is 11.5 Å². The lowest BCUT2D eigenvalue weighted by Crippen LogP contribution is -2.57. The highest BCUT2D eigenvalue weighted by Crippen LogP contribution is 2.60. The number of carbonyl (C=O) groups is 2. The maximum absolute atomic E-state index is 13.5. The Bertz CT molecular complexity index is 1420. The van der Waals surface area contributed by atoms with Crippen molar-refractivity contribution in [2.45, 2.75) is 52.1 Å².